The second-order valence-corrected chi connectivity index (χ2v) is 5.48. The van der Waals surface area contributed by atoms with Crippen LogP contribution in [0.2, 0.25) is 0 Å². The first kappa shape index (κ1) is 17.0. The van der Waals surface area contributed by atoms with Crippen LogP contribution in [0.3, 0.4) is 0 Å². The van der Waals surface area contributed by atoms with Gasteiger partial charge in [0.15, 0.2) is 0 Å². The lowest BCUT2D eigenvalue weighted by atomic mass is 10.0. The molecular formula is C17H30N2O. The first-order valence-electron chi connectivity index (χ1n) is 7.69. The topological polar surface area (TPSA) is 24.5 Å². The molecule has 0 aliphatic rings. The number of nitrogens with one attached hydrogen (secondary N) is 1. The monoisotopic (exact) mass is 278 g/mol. The van der Waals surface area contributed by atoms with Crippen molar-refractivity contribution < 1.29 is 4.74 Å². The average Bonchev–Trinajstić information content (AvgIpc) is 2.50. The second kappa shape index (κ2) is 8.98. The van der Waals surface area contributed by atoms with Crippen LogP contribution in [0.15, 0.2) is 24.3 Å². The van der Waals surface area contributed by atoms with Gasteiger partial charge in [0, 0.05) is 18.6 Å². The average molecular weight is 278 g/mol. The van der Waals surface area contributed by atoms with Gasteiger partial charge < -0.3 is 15.0 Å². The summed E-state index contributed by atoms with van der Waals surface area (Å²) in [4.78, 5) is 2.42. The van der Waals surface area contributed by atoms with Gasteiger partial charge in [0.05, 0.1) is 7.11 Å². The molecule has 1 aromatic rings. The molecule has 0 radical (unpaired) electrons. The minimum Gasteiger partial charge on any atom is -0.497 e. The van der Waals surface area contributed by atoms with E-state index in [0.717, 1.165) is 25.3 Å². The Hall–Kier alpha value is -1.06. The molecule has 0 aliphatic carbocycles. The highest BCUT2D eigenvalue weighted by atomic mass is 16.5. The Labute approximate surface area is 124 Å². The first-order chi connectivity index (χ1) is 9.62. The van der Waals surface area contributed by atoms with Crippen LogP contribution in [0.5, 0.6) is 5.75 Å². The van der Waals surface area contributed by atoms with Gasteiger partial charge in [0.2, 0.25) is 0 Å². The zero-order valence-corrected chi connectivity index (χ0v) is 13.6. The standard InChI is InChI=1S/C17H30N2O/c1-6-11-18-17(13-19(4)14(3)7-2)15-9-8-10-16(12-15)20-5/h8-10,12,14,17-18H,6-7,11,13H2,1-5H3. The highest BCUT2D eigenvalue weighted by molar-refractivity contribution is 5.30. The Morgan fingerprint density at radius 1 is 1.30 bits per heavy atom. The molecular weight excluding hydrogens is 248 g/mol. The summed E-state index contributed by atoms with van der Waals surface area (Å²) < 4.78 is 5.34. The lowest BCUT2D eigenvalue weighted by Crippen LogP contribution is -2.37. The van der Waals surface area contributed by atoms with E-state index in [0.29, 0.717) is 12.1 Å². The van der Waals surface area contributed by atoms with E-state index in [2.05, 4.69) is 56.2 Å². The van der Waals surface area contributed by atoms with Crippen LogP contribution in [0.25, 0.3) is 0 Å². The van der Waals surface area contributed by atoms with Crippen molar-refractivity contribution in [3.05, 3.63) is 29.8 Å². The number of likely N-dealkylation sites (N-methyl/N-ethyl adjacent to an activating group) is 1. The van der Waals surface area contributed by atoms with E-state index in [1.54, 1.807) is 7.11 Å². The first-order valence-corrected chi connectivity index (χ1v) is 7.69. The maximum absolute atomic E-state index is 5.34. The van der Waals surface area contributed by atoms with Crippen molar-refractivity contribution in [2.45, 2.75) is 45.7 Å². The molecule has 1 rings (SSSR count). The van der Waals surface area contributed by atoms with Gasteiger partial charge in [-0.2, -0.15) is 0 Å². The Morgan fingerprint density at radius 2 is 2.05 bits per heavy atom. The Balaban J connectivity index is 2.81. The largest absolute Gasteiger partial charge is 0.497 e. The van der Waals surface area contributed by atoms with Crippen LogP contribution in [0, 0.1) is 0 Å². The normalized spacial score (nSPS) is 14.3. The second-order valence-electron chi connectivity index (χ2n) is 5.48. The van der Waals surface area contributed by atoms with Gasteiger partial charge in [-0.1, -0.05) is 26.0 Å². The molecule has 0 fully saturated rings. The van der Waals surface area contributed by atoms with Crippen molar-refractivity contribution in [3.8, 4) is 5.75 Å². The molecule has 2 unspecified atom stereocenters. The SMILES string of the molecule is CCCNC(CN(C)C(C)CC)c1cccc(OC)c1. The minimum absolute atomic E-state index is 0.351. The van der Waals surface area contributed by atoms with Gasteiger partial charge >= 0.3 is 0 Å². The Bertz CT molecular complexity index is 381. The molecule has 2 atom stereocenters. The molecule has 1 aromatic carbocycles. The minimum atomic E-state index is 0.351. The number of hydrogen-bond donors (Lipinski definition) is 1. The van der Waals surface area contributed by atoms with Crippen LogP contribution >= 0.6 is 0 Å². The molecule has 20 heavy (non-hydrogen) atoms. The highest BCUT2D eigenvalue weighted by Crippen LogP contribution is 2.20. The highest BCUT2D eigenvalue weighted by Gasteiger charge is 2.16. The fourth-order valence-corrected chi connectivity index (χ4v) is 2.24. The molecule has 0 amide bonds. The molecule has 1 N–H and O–H groups in total. The molecule has 3 heteroatoms. The van der Waals surface area contributed by atoms with Crippen molar-refractivity contribution in [1.29, 1.82) is 0 Å². The number of nitrogens with zero attached hydrogens (tertiary/aromatic N) is 1. The van der Waals surface area contributed by atoms with E-state index >= 15 is 0 Å². The third-order valence-electron chi connectivity index (χ3n) is 3.95. The molecule has 0 heterocycles. The lowest BCUT2D eigenvalue weighted by Gasteiger charge is -2.29. The summed E-state index contributed by atoms with van der Waals surface area (Å²) in [6.07, 6.45) is 2.32. The van der Waals surface area contributed by atoms with Crippen LogP contribution < -0.4 is 10.1 Å². The number of hydrogen-bond acceptors (Lipinski definition) is 3. The fourth-order valence-electron chi connectivity index (χ4n) is 2.24. The molecule has 0 saturated heterocycles. The van der Waals surface area contributed by atoms with Crippen LogP contribution in [-0.2, 0) is 0 Å². The predicted molar refractivity (Wildman–Crippen MR) is 86.4 cm³/mol. The van der Waals surface area contributed by atoms with E-state index in [9.17, 15) is 0 Å². The summed E-state index contributed by atoms with van der Waals surface area (Å²) >= 11 is 0. The predicted octanol–water partition coefficient (Wildman–Crippen LogP) is 3.47. The van der Waals surface area contributed by atoms with Gasteiger partial charge in [0.1, 0.15) is 5.75 Å². The van der Waals surface area contributed by atoms with Gasteiger partial charge in [-0.25, -0.2) is 0 Å². The quantitative estimate of drug-likeness (QED) is 0.748. The van der Waals surface area contributed by atoms with E-state index in [-0.39, 0.29) is 0 Å². The lowest BCUT2D eigenvalue weighted by molar-refractivity contribution is 0.224. The summed E-state index contributed by atoms with van der Waals surface area (Å²) in [5.41, 5.74) is 1.30. The number of rotatable bonds is 9. The maximum atomic E-state index is 5.34. The van der Waals surface area contributed by atoms with Gasteiger partial charge in [0.25, 0.3) is 0 Å². The van der Waals surface area contributed by atoms with Crippen LogP contribution in [0.4, 0.5) is 0 Å². The third kappa shape index (κ3) is 5.14. The summed E-state index contributed by atoms with van der Waals surface area (Å²) in [5.74, 6) is 0.928. The molecule has 0 spiro atoms. The van der Waals surface area contributed by atoms with Gasteiger partial charge in [-0.3, -0.25) is 0 Å². The number of methoxy groups -OCH3 is 1. The maximum Gasteiger partial charge on any atom is 0.119 e. The smallest absolute Gasteiger partial charge is 0.119 e. The van der Waals surface area contributed by atoms with Crippen LogP contribution in [0.1, 0.15) is 45.2 Å². The number of benzene rings is 1. The Kier molecular flexibility index (Phi) is 7.63. The summed E-state index contributed by atoms with van der Waals surface area (Å²) in [5, 5.41) is 3.65. The third-order valence-corrected chi connectivity index (χ3v) is 3.95. The summed E-state index contributed by atoms with van der Waals surface area (Å²) in [6.45, 7) is 8.77. The molecule has 114 valence electrons. The van der Waals surface area contributed by atoms with E-state index in [4.69, 9.17) is 4.74 Å². The van der Waals surface area contributed by atoms with Crippen molar-refractivity contribution in [2.75, 3.05) is 27.2 Å². The van der Waals surface area contributed by atoms with E-state index in [1.807, 2.05) is 6.07 Å². The Morgan fingerprint density at radius 3 is 2.65 bits per heavy atom. The molecule has 0 aliphatic heterocycles. The molecule has 0 aromatic heterocycles. The number of ether oxygens (including phenoxy) is 1. The van der Waals surface area contributed by atoms with Crippen molar-refractivity contribution in [1.82, 2.24) is 10.2 Å². The molecule has 0 saturated carbocycles. The molecule has 0 bridgehead atoms. The molecule has 3 nitrogen and oxygen atoms in total. The van der Waals surface area contributed by atoms with Crippen molar-refractivity contribution >= 4 is 0 Å². The fraction of sp³-hybridized carbons (Fsp3) is 0.647. The summed E-state index contributed by atoms with van der Waals surface area (Å²) in [6, 6.07) is 9.34. The zero-order valence-electron chi connectivity index (χ0n) is 13.6. The van der Waals surface area contributed by atoms with Gasteiger partial charge in [-0.05, 0) is 51.1 Å². The van der Waals surface area contributed by atoms with Crippen molar-refractivity contribution in [3.63, 3.8) is 0 Å². The van der Waals surface area contributed by atoms with Gasteiger partial charge in [-0.15, -0.1) is 0 Å². The van der Waals surface area contributed by atoms with Crippen molar-refractivity contribution in [2.24, 2.45) is 0 Å². The van der Waals surface area contributed by atoms with E-state index < -0.39 is 0 Å². The van der Waals surface area contributed by atoms with E-state index in [1.165, 1.54) is 12.0 Å². The summed E-state index contributed by atoms with van der Waals surface area (Å²) in [7, 11) is 3.92. The van der Waals surface area contributed by atoms with Crippen LogP contribution in [-0.4, -0.2) is 38.2 Å². The zero-order chi connectivity index (χ0) is 15.0.